The summed E-state index contributed by atoms with van der Waals surface area (Å²) in [5.41, 5.74) is 0.0556. The molecule has 0 bridgehead atoms. The Morgan fingerprint density at radius 1 is 0.911 bits per heavy atom. The Morgan fingerprint density at radius 2 is 1.58 bits per heavy atom. The number of pyridine rings is 1. The van der Waals surface area contributed by atoms with Gasteiger partial charge in [-0.05, 0) is 61.5 Å². The van der Waals surface area contributed by atoms with Gasteiger partial charge < -0.3 is 9.64 Å². The van der Waals surface area contributed by atoms with Gasteiger partial charge in [-0.2, -0.15) is 10.5 Å². The van der Waals surface area contributed by atoms with Crippen molar-refractivity contribution in [2.45, 2.75) is 17.4 Å². The van der Waals surface area contributed by atoms with E-state index in [2.05, 4.69) is 16.0 Å². The van der Waals surface area contributed by atoms with Gasteiger partial charge >= 0.3 is 0 Å². The number of anilines is 2. The number of sulfonamides is 1. The highest BCUT2D eigenvalue weighted by atomic mass is 32.2. The molecule has 0 radical (unpaired) electrons. The molecule has 4 aromatic rings. The van der Waals surface area contributed by atoms with Crippen molar-refractivity contribution in [2.75, 3.05) is 42.0 Å². The van der Waals surface area contributed by atoms with Gasteiger partial charge in [0.2, 0.25) is 0 Å². The van der Waals surface area contributed by atoms with E-state index in [1.165, 1.54) is 24.3 Å². The van der Waals surface area contributed by atoms with E-state index in [0.29, 0.717) is 41.8 Å². The Labute approximate surface area is 260 Å². The summed E-state index contributed by atoms with van der Waals surface area (Å²) in [7, 11) is -4.84. The number of fused-ring (bicyclic) bond motifs is 1. The maximum Gasteiger partial charge on any atom is 0.273 e. The van der Waals surface area contributed by atoms with E-state index in [9.17, 15) is 18.9 Å². The molecule has 1 fully saturated rings. The number of nitrogens with zero attached hydrogens (tertiary/aromatic N) is 6. The van der Waals surface area contributed by atoms with Gasteiger partial charge in [0.1, 0.15) is 16.5 Å². The van der Waals surface area contributed by atoms with Gasteiger partial charge in [0, 0.05) is 55.4 Å². The lowest BCUT2D eigenvalue weighted by molar-refractivity contribution is -0.127. The SMILES string of the molecule is CCOc1ccccc1C1(N2CCN(c3ccncc3)CC2)C(=O)N(S(=O)(=O)c2ccc(C#N)cc2F)c2ccc(C#N)cc21. The van der Waals surface area contributed by atoms with E-state index in [1.54, 1.807) is 49.7 Å². The van der Waals surface area contributed by atoms with E-state index >= 15 is 9.18 Å². The van der Waals surface area contributed by atoms with Crippen molar-refractivity contribution >= 4 is 27.3 Å². The molecule has 1 saturated heterocycles. The van der Waals surface area contributed by atoms with Gasteiger partial charge in [0.25, 0.3) is 15.9 Å². The molecule has 226 valence electrons. The molecule has 6 rings (SSSR count). The fourth-order valence-electron chi connectivity index (χ4n) is 6.20. The molecule has 45 heavy (non-hydrogen) atoms. The van der Waals surface area contributed by atoms with Crippen LogP contribution in [0.2, 0.25) is 0 Å². The maximum absolute atomic E-state index is 15.3. The summed E-state index contributed by atoms with van der Waals surface area (Å²) >= 11 is 0. The lowest BCUT2D eigenvalue weighted by atomic mass is 9.80. The number of para-hydroxylation sites is 1. The third kappa shape index (κ3) is 4.75. The molecule has 0 saturated carbocycles. The van der Waals surface area contributed by atoms with Crippen molar-refractivity contribution in [1.29, 1.82) is 10.5 Å². The highest BCUT2D eigenvalue weighted by molar-refractivity contribution is 7.93. The summed E-state index contributed by atoms with van der Waals surface area (Å²) in [6.45, 7) is 3.76. The van der Waals surface area contributed by atoms with Crippen molar-refractivity contribution < 1.29 is 22.3 Å². The second-order valence-electron chi connectivity index (χ2n) is 10.5. The molecule has 2 aliphatic heterocycles. The smallest absolute Gasteiger partial charge is 0.273 e. The summed E-state index contributed by atoms with van der Waals surface area (Å²) in [6.07, 6.45) is 3.40. The number of benzene rings is 3. The summed E-state index contributed by atoms with van der Waals surface area (Å²) in [5, 5.41) is 19.1. The fraction of sp³-hybridized carbons (Fsp3) is 0.212. The Balaban J connectivity index is 1.58. The normalized spacial score (nSPS) is 18.3. The molecule has 1 amide bonds. The number of carbonyl (C=O) groups is 1. The van der Waals surface area contributed by atoms with E-state index in [1.807, 2.05) is 17.0 Å². The maximum atomic E-state index is 15.3. The number of ether oxygens (including phenoxy) is 1. The van der Waals surface area contributed by atoms with E-state index in [4.69, 9.17) is 4.74 Å². The third-order valence-corrected chi connectivity index (χ3v) is 9.90. The van der Waals surface area contributed by atoms with Crippen molar-refractivity contribution in [3.8, 4) is 17.9 Å². The van der Waals surface area contributed by atoms with Crippen LogP contribution in [0.25, 0.3) is 0 Å². The molecule has 1 aromatic heterocycles. The van der Waals surface area contributed by atoms with Crippen LogP contribution in [0.15, 0.2) is 90.1 Å². The molecule has 3 aromatic carbocycles. The number of amides is 1. The molecule has 12 heteroatoms. The van der Waals surface area contributed by atoms with E-state index in [-0.39, 0.29) is 29.0 Å². The average Bonchev–Trinajstić information content (AvgIpc) is 3.33. The van der Waals surface area contributed by atoms with Crippen LogP contribution in [-0.4, -0.2) is 57.0 Å². The number of halogens is 1. The second-order valence-corrected chi connectivity index (χ2v) is 12.2. The van der Waals surface area contributed by atoms with Crippen LogP contribution in [-0.2, 0) is 20.4 Å². The zero-order valence-electron chi connectivity index (χ0n) is 24.2. The number of hydrogen-bond donors (Lipinski definition) is 0. The lowest BCUT2D eigenvalue weighted by Crippen LogP contribution is -2.60. The van der Waals surface area contributed by atoms with Crippen LogP contribution in [0.3, 0.4) is 0 Å². The average molecular weight is 623 g/mol. The molecule has 3 heterocycles. The first-order valence-corrected chi connectivity index (χ1v) is 15.7. The number of aromatic nitrogens is 1. The minimum absolute atomic E-state index is 0.00521. The summed E-state index contributed by atoms with van der Waals surface area (Å²) < 4.78 is 50.5. The molecule has 0 aliphatic carbocycles. The van der Waals surface area contributed by atoms with Crippen LogP contribution >= 0.6 is 0 Å². The van der Waals surface area contributed by atoms with Gasteiger partial charge in [-0.1, -0.05) is 18.2 Å². The van der Waals surface area contributed by atoms with Crippen LogP contribution in [0.5, 0.6) is 5.75 Å². The predicted octanol–water partition coefficient (Wildman–Crippen LogP) is 4.16. The van der Waals surface area contributed by atoms with Crippen LogP contribution in [0.4, 0.5) is 15.8 Å². The predicted molar refractivity (Wildman–Crippen MR) is 163 cm³/mol. The fourth-order valence-corrected chi connectivity index (χ4v) is 7.71. The molecule has 0 N–H and O–H groups in total. The number of nitriles is 2. The highest BCUT2D eigenvalue weighted by Crippen LogP contribution is 2.53. The first-order chi connectivity index (χ1) is 21.8. The van der Waals surface area contributed by atoms with Crippen LogP contribution < -0.4 is 13.9 Å². The molecule has 1 unspecified atom stereocenters. The topological polar surface area (TPSA) is 131 Å². The van der Waals surface area contributed by atoms with Gasteiger partial charge in [-0.3, -0.25) is 14.7 Å². The summed E-state index contributed by atoms with van der Waals surface area (Å²) in [6, 6.07) is 22.0. The Hall–Kier alpha value is -5.30. The quantitative estimate of drug-likeness (QED) is 0.298. The first-order valence-electron chi connectivity index (χ1n) is 14.2. The number of rotatable bonds is 7. The summed E-state index contributed by atoms with van der Waals surface area (Å²) in [5.74, 6) is -1.63. The zero-order valence-corrected chi connectivity index (χ0v) is 25.0. The Kier molecular flexibility index (Phi) is 7.71. The molecule has 2 aliphatic rings. The zero-order chi connectivity index (χ0) is 31.8. The Bertz CT molecular complexity index is 1980. The lowest BCUT2D eigenvalue weighted by Gasteiger charge is -2.46. The van der Waals surface area contributed by atoms with Gasteiger partial charge in [-0.15, -0.1) is 0 Å². The van der Waals surface area contributed by atoms with E-state index in [0.717, 1.165) is 17.8 Å². The summed E-state index contributed by atoms with van der Waals surface area (Å²) in [4.78, 5) is 22.5. The van der Waals surface area contributed by atoms with Crippen LogP contribution in [0.1, 0.15) is 29.2 Å². The minimum atomic E-state index is -4.84. The van der Waals surface area contributed by atoms with E-state index < -0.39 is 32.2 Å². The number of carbonyl (C=O) groups excluding carboxylic acids is 1. The van der Waals surface area contributed by atoms with Crippen molar-refractivity contribution in [2.24, 2.45) is 0 Å². The molecular formula is C33H27FN6O4S. The van der Waals surface area contributed by atoms with Gasteiger partial charge in [-0.25, -0.2) is 17.1 Å². The standard InChI is InChI=1S/C33H27FN6O4S/c1-2-44-30-6-4-3-5-26(30)33(39-17-15-38(16-18-39)25-11-13-37-14-12-25)27-19-23(21-35)7-9-29(27)40(32(33)41)45(42,43)31-10-8-24(22-36)20-28(31)34/h3-14,19-20H,2,15-18H2,1H3. The Morgan fingerprint density at radius 3 is 2.24 bits per heavy atom. The minimum Gasteiger partial charge on any atom is -0.493 e. The molecular weight excluding hydrogens is 595 g/mol. The van der Waals surface area contributed by atoms with Gasteiger partial charge in [0.15, 0.2) is 5.54 Å². The highest BCUT2D eigenvalue weighted by Gasteiger charge is 2.60. The van der Waals surface area contributed by atoms with Crippen molar-refractivity contribution in [1.82, 2.24) is 9.88 Å². The second kappa shape index (κ2) is 11.7. The third-order valence-electron chi connectivity index (χ3n) is 8.17. The van der Waals surface area contributed by atoms with Crippen molar-refractivity contribution in [3.63, 3.8) is 0 Å². The molecule has 1 atom stereocenters. The molecule has 10 nitrogen and oxygen atoms in total. The number of hydrogen-bond acceptors (Lipinski definition) is 9. The van der Waals surface area contributed by atoms with Crippen molar-refractivity contribution in [3.05, 3.63) is 113 Å². The largest absolute Gasteiger partial charge is 0.493 e. The number of piperazine rings is 1. The van der Waals surface area contributed by atoms with Gasteiger partial charge in [0.05, 0.1) is 35.6 Å². The first kappa shape index (κ1) is 29.8. The monoisotopic (exact) mass is 622 g/mol. The van der Waals surface area contributed by atoms with Crippen LogP contribution in [0, 0.1) is 28.5 Å². The molecule has 0 spiro atoms.